The number of hydrogen-bond acceptors (Lipinski definition) is 2. The fourth-order valence-electron chi connectivity index (χ4n) is 3.60. The number of benzene rings is 1. The van der Waals surface area contributed by atoms with Crippen molar-refractivity contribution < 1.29 is 13.5 Å². The number of morpholine rings is 1. The van der Waals surface area contributed by atoms with Gasteiger partial charge in [-0.1, -0.05) is 31.9 Å². The Bertz CT molecular complexity index is 483. The van der Waals surface area contributed by atoms with Gasteiger partial charge in [-0.3, -0.25) is 0 Å². The van der Waals surface area contributed by atoms with Crippen molar-refractivity contribution in [2.75, 3.05) is 13.2 Å². The molecule has 1 saturated carbocycles. The first kappa shape index (κ1) is 14.0. The molecule has 4 heteroatoms. The molecule has 1 heterocycles. The highest BCUT2D eigenvalue weighted by Crippen LogP contribution is 2.37. The molecule has 3 atom stereocenters. The monoisotopic (exact) mass is 281 g/mol. The molecule has 1 aliphatic heterocycles. The topological polar surface area (TPSA) is 21.3 Å². The molecule has 1 saturated heterocycles. The lowest BCUT2D eigenvalue weighted by Gasteiger charge is -2.45. The van der Waals surface area contributed by atoms with E-state index in [4.69, 9.17) is 4.74 Å². The molecule has 0 amide bonds. The zero-order valence-corrected chi connectivity index (χ0v) is 11.8. The fourth-order valence-corrected chi connectivity index (χ4v) is 3.60. The molecule has 3 rings (SSSR count). The number of ether oxygens (including phenoxy) is 1. The Labute approximate surface area is 118 Å². The van der Waals surface area contributed by atoms with Gasteiger partial charge in [0, 0.05) is 17.6 Å². The second kappa shape index (κ2) is 5.41. The quantitative estimate of drug-likeness (QED) is 0.849. The third kappa shape index (κ3) is 2.59. The van der Waals surface area contributed by atoms with Crippen molar-refractivity contribution >= 4 is 0 Å². The van der Waals surface area contributed by atoms with E-state index < -0.39 is 17.7 Å². The van der Waals surface area contributed by atoms with E-state index in [1.54, 1.807) is 6.07 Å². The molecule has 2 nitrogen and oxygen atoms in total. The van der Waals surface area contributed by atoms with Gasteiger partial charge in [0.25, 0.3) is 0 Å². The van der Waals surface area contributed by atoms with E-state index in [0.29, 0.717) is 24.6 Å². The lowest BCUT2D eigenvalue weighted by Crippen LogP contribution is -2.57. The summed E-state index contributed by atoms with van der Waals surface area (Å²) in [7, 11) is 0. The van der Waals surface area contributed by atoms with E-state index in [0.717, 1.165) is 18.9 Å². The fraction of sp³-hybridized carbons (Fsp3) is 0.625. The third-order valence-electron chi connectivity index (χ3n) is 4.64. The Morgan fingerprint density at radius 2 is 2.20 bits per heavy atom. The Hall–Kier alpha value is -1.00. The van der Waals surface area contributed by atoms with Gasteiger partial charge in [0.1, 0.15) is 0 Å². The van der Waals surface area contributed by atoms with Crippen LogP contribution in [0.15, 0.2) is 18.2 Å². The van der Waals surface area contributed by atoms with E-state index in [2.05, 4.69) is 12.2 Å². The van der Waals surface area contributed by atoms with Gasteiger partial charge in [-0.15, -0.1) is 0 Å². The van der Waals surface area contributed by atoms with Crippen LogP contribution in [0, 0.1) is 17.6 Å². The van der Waals surface area contributed by atoms with Crippen molar-refractivity contribution in [3.63, 3.8) is 0 Å². The van der Waals surface area contributed by atoms with Gasteiger partial charge in [-0.2, -0.15) is 0 Å². The standard InChI is InChI=1S/C16H21F2NO/c1-11-4-3-7-16(8-11)10-20-14(9-19-16)12-5-2-6-13(17)15(12)18/h2,5-6,11,14,19H,3-4,7-10H2,1H3. The number of hydrogen-bond donors (Lipinski definition) is 1. The molecule has 20 heavy (non-hydrogen) atoms. The normalized spacial score (nSPS) is 34.4. The average molecular weight is 281 g/mol. The molecule has 1 aromatic carbocycles. The van der Waals surface area contributed by atoms with Crippen LogP contribution < -0.4 is 5.32 Å². The van der Waals surface area contributed by atoms with Crippen LogP contribution in [-0.2, 0) is 4.74 Å². The maximum atomic E-state index is 13.8. The van der Waals surface area contributed by atoms with Crippen molar-refractivity contribution in [3.8, 4) is 0 Å². The molecule has 0 bridgehead atoms. The summed E-state index contributed by atoms with van der Waals surface area (Å²) in [6, 6.07) is 4.27. The number of halogens is 2. The molecule has 2 fully saturated rings. The van der Waals surface area contributed by atoms with Gasteiger partial charge in [-0.25, -0.2) is 8.78 Å². The van der Waals surface area contributed by atoms with Crippen molar-refractivity contribution in [2.24, 2.45) is 5.92 Å². The molecule has 0 radical (unpaired) electrons. The molecule has 1 aliphatic carbocycles. The van der Waals surface area contributed by atoms with Gasteiger partial charge < -0.3 is 10.1 Å². The summed E-state index contributed by atoms with van der Waals surface area (Å²) >= 11 is 0. The zero-order valence-electron chi connectivity index (χ0n) is 11.8. The Balaban J connectivity index is 1.71. The average Bonchev–Trinajstić information content (AvgIpc) is 2.43. The van der Waals surface area contributed by atoms with E-state index >= 15 is 0 Å². The van der Waals surface area contributed by atoms with Crippen LogP contribution in [0.3, 0.4) is 0 Å². The van der Waals surface area contributed by atoms with E-state index in [-0.39, 0.29) is 5.54 Å². The summed E-state index contributed by atoms with van der Waals surface area (Å²) in [5, 5.41) is 3.55. The summed E-state index contributed by atoms with van der Waals surface area (Å²) in [5.41, 5.74) is 0.356. The Kier molecular flexibility index (Phi) is 3.78. The van der Waals surface area contributed by atoms with Crippen LogP contribution in [0.5, 0.6) is 0 Å². The van der Waals surface area contributed by atoms with Crippen molar-refractivity contribution in [2.45, 2.75) is 44.2 Å². The molecular formula is C16H21F2NO. The van der Waals surface area contributed by atoms with Gasteiger partial charge in [-0.05, 0) is 24.8 Å². The predicted octanol–water partition coefficient (Wildman–Crippen LogP) is 3.57. The summed E-state index contributed by atoms with van der Waals surface area (Å²) in [6.45, 7) is 3.39. The SMILES string of the molecule is CC1CCCC2(COC(c3cccc(F)c3F)CN2)C1. The molecule has 1 aromatic rings. The highest BCUT2D eigenvalue weighted by Gasteiger charge is 2.39. The van der Waals surface area contributed by atoms with Crippen LogP contribution in [0.2, 0.25) is 0 Å². The Morgan fingerprint density at radius 3 is 2.90 bits per heavy atom. The second-order valence-electron chi connectivity index (χ2n) is 6.31. The number of rotatable bonds is 1. The third-order valence-corrected chi connectivity index (χ3v) is 4.64. The Morgan fingerprint density at radius 1 is 1.35 bits per heavy atom. The van der Waals surface area contributed by atoms with Crippen LogP contribution in [0.4, 0.5) is 8.78 Å². The molecule has 3 unspecified atom stereocenters. The molecule has 1 spiro atoms. The van der Waals surface area contributed by atoms with E-state index in [1.807, 2.05) is 0 Å². The predicted molar refractivity (Wildman–Crippen MR) is 73.4 cm³/mol. The van der Waals surface area contributed by atoms with Crippen LogP contribution >= 0.6 is 0 Å². The minimum atomic E-state index is -0.808. The van der Waals surface area contributed by atoms with Gasteiger partial charge >= 0.3 is 0 Å². The maximum Gasteiger partial charge on any atom is 0.164 e. The smallest absolute Gasteiger partial charge is 0.164 e. The maximum absolute atomic E-state index is 13.8. The van der Waals surface area contributed by atoms with E-state index in [1.165, 1.54) is 18.9 Å². The first-order valence-corrected chi connectivity index (χ1v) is 7.40. The van der Waals surface area contributed by atoms with Crippen molar-refractivity contribution in [1.29, 1.82) is 0 Å². The zero-order chi connectivity index (χ0) is 14.2. The summed E-state index contributed by atoms with van der Waals surface area (Å²) < 4.78 is 33.0. The molecule has 1 N–H and O–H groups in total. The lowest BCUT2D eigenvalue weighted by atomic mass is 9.76. The molecule has 2 aliphatic rings. The first-order chi connectivity index (χ1) is 9.60. The van der Waals surface area contributed by atoms with Crippen molar-refractivity contribution in [1.82, 2.24) is 5.32 Å². The lowest BCUT2D eigenvalue weighted by molar-refractivity contribution is -0.0541. The van der Waals surface area contributed by atoms with Gasteiger partial charge in [0.15, 0.2) is 11.6 Å². The minimum Gasteiger partial charge on any atom is -0.370 e. The van der Waals surface area contributed by atoms with Crippen LogP contribution in [-0.4, -0.2) is 18.7 Å². The van der Waals surface area contributed by atoms with Crippen LogP contribution in [0.25, 0.3) is 0 Å². The number of nitrogens with one attached hydrogen (secondary N) is 1. The largest absolute Gasteiger partial charge is 0.370 e. The van der Waals surface area contributed by atoms with E-state index in [9.17, 15) is 8.78 Å². The van der Waals surface area contributed by atoms with Gasteiger partial charge in [0.2, 0.25) is 0 Å². The summed E-state index contributed by atoms with van der Waals surface area (Å²) in [5.74, 6) is -0.896. The second-order valence-corrected chi connectivity index (χ2v) is 6.31. The minimum absolute atomic E-state index is 0.0397. The summed E-state index contributed by atoms with van der Waals surface area (Å²) in [6.07, 6.45) is 4.29. The van der Waals surface area contributed by atoms with Gasteiger partial charge in [0.05, 0.1) is 12.7 Å². The molecule has 110 valence electrons. The molecule has 0 aromatic heterocycles. The summed E-state index contributed by atoms with van der Waals surface area (Å²) in [4.78, 5) is 0. The highest BCUT2D eigenvalue weighted by atomic mass is 19.2. The highest BCUT2D eigenvalue weighted by molar-refractivity contribution is 5.22. The van der Waals surface area contributed by atoms with Crippen LogP contribution in [0.1, 0.15) is 44.3 Å². The molecular weight excluding hydrogens is 260 g/mol. The first-order valence-electron chi connectivity index (χ1n) is 7.40. The van der Waals surface area contributed by atoms with Crippen molar-refractivity contribution in [3.05, 3.63) is 35.4 Å².